The molecule has 2 heterocycles. The van der Waals surface area contributed by atoms with Crippen LogP contribution in [0.5, 0.6) is 5.75 Å². The summed E-state index contributed by atoms with van der Waals surface area (Å²) in [4.78, 5) is 25.7. The topological polar surface area (TPSA) is 111 Å². The molecule has 2 aliphatic heterocycles. The molecule has 1 saturated heterocycles. The maximum absolute atomic E-state index is 12.3. The van der Waals surface area contributed by atoms with Crippen molar-refractivity contribution >= 4 is 19.0 Å². The maximum atomic E-state index is 12.3. The van der Waals surface area contributed by atoms with Crippen LogP contribution in [0.4, 0.5) is 0 Å². The molecular weight excluding hydrogens is 337 g/mol. The van der Waals surface area contributed by atoms with E-state index in [1.165, 1.54) is 6.07 Å². The molecule has 1 unspecified atom stereocenters. The Balaban J connectivity index is 1.58. The van der Waals surface area contributed by atoms with Crippen LogP contribution < -0.4 is 15.3 Å². The molecular formula is C17H24BN3O5. The number of carbonyl (C=O) groups excluding carboxylic acids is 1. The number of benzene rings is 1. The van der Waals surface area contributed by atoms with Crippen molar-refractivity contribution in [2.75, 3.05) is 26.7 Å². The van der Waals surface area contributed by atoms with Crippen LogP contribution >= 0.6 is 0 Å². The van der Waals surface area contributed by atoms with Gasteiger partial charge < -0.3 is 25.4 Å². The van der Waals surface area contributed by atoms with Gasteiger partial charge >= 0.3 is 13.1 Å². The molecule has 1 atom stereocenters. The van der Waals surface area contributed by atoms with E-state index in [4.69, 9.17) is 4.65 Å². The number of nitrogens with zero attached hydrogens (tertiary/aromatic N) is 1. The van der Waals surface area contributed by atoms with E-state index >= 15 is 0 Å². The fourth-order valence-corrected chi connectivity index (χ4v) is 3.55. The number of carboxylic acids is 1. The van der Waals surface area contributed by atoms with E-state index in [1.54, 1.807) is 12.1 Å². The molecule has 0 radical (unpaired) electrons. The van der Waals surface area contributed by atoms with Crippen LogP contribution in [0.3, 0.4) is 0 Å². The Hall–Kier alpha value is -2.10. The maximum Gasteiger partial charge on any atom is 0.547 e. The van der Waals surface area contributed by atoms with Gasteiger partial charge in [0.05, 0.1) is 18.0 Å². The Morgan fingerprint density at radius 2 is 2.08 bits per heavy atom. The standard InChI is InChI=1S/C17H24BN3O5/c1-19-12-5-7-21(8-6-12)10-15(22)20-14-9-11-3-2-4-13(17(23)24)16(11)26-18(14)25/h2-4,12,14,19,25H,5-10H2,1H3,(H,20,22)(H,23,24). The van der Waals surface area contributed by atoms with Crippen LogP contribution in [0.15, 0.2) is 18.2 Å². The number of para-hydroxylation sites is 1. The summed E-state index contributed by atoms with van der Waals surface area (Å²) in [7, 11) is 0.674. The van der Waals surface area contributed by atoms with Gasteiger partial charge in [-0.05, 0) is 37.9 Å². The zero-order chi connectivity index (χ0) is 18.7. The van der Waals surface area contributed by atoms with Crippen molar-refractivity contribution in [2.24, 2.45) is 0 Å². The minimum Gasteiger partial charge on any atom is -0.534 e. The molecule has 0 bridgehead atoms. The molecule has 1 aromatic rings. The van der Waals surface area contributed by atoms with Crippen LogP contribution in [-0.2, 0) is 11.2 Å². The number of likely N-dealkylation sites (tertiary alicyclic amines) is 1. The largest absolute Gasteiger partial charge is 0.547 e. The number of rotatable bonds is 5. The predicted octanol–water partition coefficient (Wildman–Crippen LogP) is -0.492. The third-order valence-electron chi connectivity index (χ3n) is 5.06. The lowest BCUT2D eigenvalue weighted by atomic mass is 9.72. The molecule has 9 heteroatoms. The van der Waals surface area contributed by atoms with Crippen molar-refractivity contribution in [3.63, 3.8) is 0 Å². The summed E-state index contributed by atoms with van der Waals surface area (Å²) >= 11 is 0. The van der Waals surface area contributed by atoms with E-state index < -0.39 is 19.0 Å². The average Bonchev–Trinajstić information content (AvgIpc) is 2.62. The number of nitrogens with one attached hydrogen (secondary N) is 2. The number of aromatic carboxylic acids is 1. The molecule has 8 nitrogen and oxygen atoms in total. The number of carbonyl (C=O) groups is 2. The van der Waals surface area contributed by atoms with Crippen molar-refractivity contribution in [3.8, 4) is 5.75 Å². The molecule has 140 valence electrons. The summed E-state index contributed by atoms with van der Waals surface area (Å²) in [6, 6.07) is 5.31. The fraction of sp³-hybridized carbons (Fsp3) is 0.529. The Morgan fingerprint density at radius 3 is 2.73 bits per heavy atom. The average molecular weight is 361 g/mol. The number of piperidine rings is 1. The zero-order valence-corrected chi connectivity index (χ0v) is 14.8. The first-order valence-corrected chi connectivity index (χ1v) is 8.87. The van der Waals surface area contributed by atoms with Gasteiger partial charge in [0.15, 0.2) is 0 Å². The van der Waals surface area contributed by atoms with Crippen LogP contribution in [0, 0.1) is 0 Å². The normalized spacial score (nSPS) is 21.0. The van der Waals surface area contributed by atoms with Crippen LogP contribution in [0.2, 0.25) is 0 Å². The van der Waals surface area contributed by atoms with Gasteiger partial charge in [0.1, 0.15) is 5.75 Å². The Labute approximate surface area is 152 Å². The molecule has 3 rings (SSSR count). The van der Waals surface area contributed by atoms with Gasteiger partial charge in [-0.2, -0.15) is 0 Å². The highest BCUT2D eigenvalue weighted by molar-refractivity contribution is 6.47. The summed E-state index contributed by atoms with van der Waals surface area (Å²) in [6.45, 7) is 1.99. The van der Waals surface area contributed by atoms with Gasteiger partial charge in [0.25, 0.3) is 0 Å². The predicted molar refractivity (Wildman–Crippen MR) is 96.2 cm³/mol. The molecule has 2 aliphatic rings. The molecule has 26 heavy (non-hydrogen) atoms. The van der Waals surface area contributed by atoms with E-state index in [9.17, 15) is 19.7 Å². The summed E-state index contributed by atoms with van der Waals surface area (Å²) in [5.74, 6) is -1.71. The van der Waals surface area contributed by atoms with E-state index in [1.807, 2.05) is 7.05 Å². The smallest absolute Gasteiger partial charge is 0.534 e. The number of amides is 1. The highest BCUT2D eigenvalue weighted by Gasteiger charge is 2.37. The van der Waals surface area contributed by atoms with Crippen LogP contribution in [0.25, 0.3) is 0 Å². The Kier molecular flexibility index (Phi) is 5.80. The second-order valence-corrected chi connectivity index (χ2v) is 6.82. The van der Waals surface area contributed by atoms with E-state index in [-0.39, 0.29) is 23.8 Å². The minimum atomic E-state index is -1.28. The van der Waals surface area contributed by atoms with Gasteiger partial charge in [0.2, 0.25) is 5.91 Å². The summed E-state index contributed by atoms with van der Waals surface area (Å²) in [5.41, 5.74) is 0.675. The zero-order valence-electron chi connectivity index (χ0n) is 14.8. The van der Waals surface area contributed by atoms with Crippen LogP contribution in [-0.4, -0.2) is 72.7 Å². The van der Waals surface area contributed by atoms with Crippen molar-refractivity contribution in [1.29, 1.82) is 0 Å². The third-order valence-corrected chi connectivity index (χ3v) is 5.06. The number of hydrogen-bond acceptors (Lipinski definition) is 6. The number of carboxylic acid groups (broad SMARTS) is 1. The fourth-order valence-electron chi connectivity index (χ4n) is 3.55. The third kappa shape index (κ3) is 4.17. The number of fused-ring (bicyclic) bond motifs is 1. The summed E-state index contributed by atoms with van der Waals surface area (Å²) < 4.78 is 5.39. The Morgan fingerprint density at radius 1 is 1.35 bits per heavy atom. The van der Waals surface area contributed by atoms with Gasteiger partial charge in [-0.25, -0.2) is 4.79 Å². The van der Waals surface area contributed by atoms with Crippen molar-refractivity contribution < 1.29 is 24.4 Å². The molecule has 0 aromatic heterocycles. The van der Waals surface area contributed by atoms with Gasteiger partial charge in [-0.1, -0.05) is 12.1 Å². The molecule has 1 fully saturated rings. The van der Waals surface area contributed by atoms with E-state index in [2.05, 4.69) is 15.5 Å². The van der Waals surface area contributed by atoms with Crippen molar-refractivity contribution in [3.05, 3.63) is 29.3 Å². The molecule has 1 amide bonds. The second-order valence-electron chi connectivity index (χ2n) is 6.82. The van der Waals surface area contributed by atoms with Gasteiger partial charge in [0, 0.05) is 19.1 Å². The van der Waals surface area contributed by atoms with Crippen LogP contribution in [0.1, 0.15) is 28.8 Å². The highest BCUT2D eigenvalue weighted by atomic mass is 16.5. The minimum absolute atomic E-state index is 0.0127. The highest BCUT2D eigenvalue weighted by Crippen LogP contribution is 2.30. The van der Waals surface area contributed by atoms with Crippen molar-refractivity contribution in [2.45, 2.75) is 31.2 Å². The number of hydrogen-bond donors (Lipinski definition) is 4. The summed E-state index contributed by atoms with van der Waals surface area (Å²) in [5, 5.41) is 25.5. The lowest BCUT2D eigenvalue weighted by Crippen LogP contribution is -2.55. The van der Waals surface area contributed by atoms with Crippen molar-refractivity contribution in [1.82, 2.24) is 15.5 Å². The van der Waals surface area contributed by atoms with Gasteiger partial charge in [-0.3, -0.25) is 9.69 Å². The SMILES string of the molecule is CNC1CCN(CC(=O)NC2Cc3cccc(C(=O)O)c3OB2O)CC1. The quantitative estimate of drug-likeness (QED) is 0.524. The van der Waals surface area contributed by atoms with E-state index in [0.29, 0.717) is 18.0 Å². The Bertz CT molecular complexity index is 678. The first kappa shape index (κ1) is 18.7. The lowest BCUT2D eigenvalue weighted by molar-refractivity contribution is -0.123. The lowest BCUT2D eigenvalue weighted by Gasteiger charge is -2.32. The first-order chi connectivity index (χ1) is 12.5. The molecule has 0 spiro atoms. The monoisotopic (exact) mass is 361 g/mol. The van der Waals surface area contributed by atoms with E-state index in [0.717, 1.165) is 25.9 Å². The van der Waals surface area contributed by atoms with Gasteiger partial charge in [-0.15, -0.1) is 0 Å². The molecule has 4 N–H and O–H groups in total. The molecule has 1 aromatic carbocycles. The molecule has 0 saturated carbocycles. The first-order valence-electron chi connectivity index (χ1n) is 8.87. The summed E-state index contributed by atoms with van der Waals surface area (Å²) in [6.07, 6.45) is 2.33. The molecule has 0 aliphatic carbocycles. The second kappa shape index (κ2) is 8.07.